The molecule has 0 unspecified atom stereocenters. The summed E-state index contributed by atoms with van der Waals surface area (Å²) in [6.45, 7) is 3.33. The average Bonchev–Trinajstić information content (AvgIpc) is 2.55. The fourth-order valence-corrected chi connectivity index (χ4v) is 2.40. The van der Waals surface area contributed by atoms with Crippen LogP contribution in [-0.2, 0) is 14.4 Å². The molecule has 1 fully saturated rings. The smallest absolute Gasteiger partial charge is 0.233 e. The molecule has 2 rings (SSSR count). The number of carbonyl (C=O) groups excluding carboxylic acids is 3. The van der Waals surface area contributed by atoms with Crippen LogP contribution < -0.4 is 5.32 Å². The Morgan fingerprint density at radius 2 is 1.74 bits per heavy atom. The van der Waals surface area contributed by atoms with Crippen molar-refractivity contribution in [2.24, 2.45) is 0 Å². The predicted octanol–water partition coefficient (Wildman–Crippen LogP) is 0.578. The van der Waals surface area contributed by atoms with E-state index in [1.54, 1.807) is 34.1 Å². The van der Waals surface area contributed by atoms with E-state index >= 15 is 0 Å². The molecular formula is C16H18N4O3. The topological polar surface area (TPSA) is 93.5 Å². The summed E-state index contributed by atoms with van der Waals surface area (Å²) < 4.78 is 0. The van der Waals surface area contributed by atoms with E-state index in [2.05, 4.69) is 5.32 Å². The summed E-state index contributed by atoms with van der Waals surface area (Å²) in [5.74, 6) is -0.741. The number of anilines is 1. The zero-order valence-electron chi connectivity index (χ0n) is 12.9. The maximum absolute atomic E-state index is 12.1. The lowest BCUT2D eigenvalue weighted by molar-refractivity contribution is -0.140. The highest BCUT2D eigenvalue weighted by Crippen LogP contribution is 2.14. The molecule has 1 saturated heterocycles. The first-order chi connectivity index (χ1) is 11.0. The van der Waals surface area contributed by atoms with E-state index in [-0.39, 0.29) is 18.2 Å². The van der Waals surface area contributed by atoms with Gasteiger partial charge in [-0.15, -0.1) is 0 Å². The first-order valence-corrected chi connectivity index (χ1v) is 7.33. The quantitative estimate of drug-likeness (QED) is 0.826. The maximum atomic E-state index is 12.1. The van der Waals surface area contributed by atoms with Gasteiger partial charge in [0.15, 0.2) is 0 Å². The molecule has 0 aromatic heterocycles. The number of piperazine rings is 1. The third-order valence-electron chi connectivity index (χ3n) is 3.71. The molecule has 0 bridgehead atoms. The van der Waals surface area contributed by atoms with Gasteiger partial charge in [0, 0.05) is 33.1 Å². The largest absolute Gasteiger partial charge is 0.339 e. The highest BCUT2D eigenvalue weighted by Gasteiger charge is 2.23. The molecule has 1 heterocycles. The van der Waals surface area contributed by atoms with Crippen molar-refractivity contribution in [2.75, 3.05) is 31.5 Å². The van der Waals surface area contributed by atoms with Crippen molar-refractivity contribution in [1.82, 2.24) is 9.80 Å². The lowest BCUT2D eigenvalue weighted by Gasteiger charge is -2.34. The van der Waals surface area contributed by atoms with Crippen molar-refractivity contribution in [3.05, 3.63) is 29.8 Å². The number of nitrogens with one attached hydrogen (secondary N) is 1. The average molecular weight is 314 g/mol. The van der Waals surface area contributed by atoms with Gasteiger partial charge in [-0.1, -0.05) is 12.1 Å². The minimum Gasteiger partial charge on any atom is -0.339 e. The van der Waals surface area contributed by atoms with Gasteiger partial charge in [-0.25, -0.2) is 0 Å². The number of nitriles is 1. The Kier molecular flexibility index (Phi) is 5.31. The number of amides is 3. The molecule has 7 heteroatoms. The van der Waals surface area contributed by atoms with Gasteiger partial charge in [0.2, 0.25) is 17.7 Å². The molecule has 0 spiro atoms. The van der Waals surface area contributed by atoms with Gasteiger partial charge in [-0.05, 0) is 12.1 Å². The molecule has 120 valence electrons. The summed E-state index contributed by atoms with van der Waals surface area (Å²) in [5, 5.41) is 11.6. The van der Waals surface area contributed by atoms with Gasteiger partial charge in [-0.2, -0.15) is 5.26 Å². The van der Waals surface area contributed by atoms with Crippen LogP contribution in [0.5, 0.6) is 0 Å². The van der Waals surface area contributed by atoms with E-state index in [4.69, 9.17) is 5.26 Å². The minimum atomic E-state index is -0.452. The van der Waals surface area contributed by atoms with Crippen LogP contribution in [0.4, 0.5) is 5.69 Å². The molecule has 1 aromatic rings. The van der Waals surface area contributed by atoms with E-state index < -0.39 is 5.91 Å². The SMILES string of the molecule is CC(=O)N1CCN(C(=O)CC(=O)Nc2ccccc2C#N)CC1. The van der Waals surface area contributed by atoms with Gasteiger partial charge in [0.25, 0.3) is 0 Å². The lowest BCUT2D eigenvalue weighted by Crippen LogP contribution is -2.50. The van der Waals surface area contributed by atoms with Crippen molar-refractivity contribution in [3.63, 3.8) is 0 Å². The number of benzene rings is 1. The van der Waals surface area contributed by atoms with Crippen LogP contribution in [0.15, 0.2) is 24.3 Å². The van der Waals surface area contributed by atoms with Crippen LogP contribution in [0.2, 0.25) is 0 Å². The van der Waals surface area contributed by atoms with Crippen LogP contribution >= 0.6 is 0 Å². The molecule has 1 N–H and O–H groups in total. The minimum absolute atomic E-state index is 0.0112. The normalized spacial score (nSPS) is 14.1. The molecule has 1 aliphatic rings. The molecule has 1 aromatic carbocycles. The molecule has 0 atom stereocenters. The van der Waals surface area contributed by atoms with Gasteiger partial charge < -0.3 is 15.1 Å². The summed E-state index contributed by atoms with van der Waals surface area (Å²) in [4.78, 5) is 38.6. The van der Waals surface area contributed by atoms with Crippen molar-refractivity contribution < 1.29 is 14.4 Å². The van der Waals surface area contributed by atoms with Gasteiger partial charge in [0.1, 0.15) is 12.5 Å². The highest BCUT2D eigenvalue weighted by molar-refractivity contribution is 6.04. The molecule has 0 radical (unpaired) electrons. The number of para-hydroxylation sites is 1. The molecular weight excluding hydrogens is 296 g/mol. The Balaban J connectivity index is 1.87. The number of carbonyl (C=O) groups is 3. The summed E-state index contributed by atoms with van der Waals surface area (Å²) in [7, 11) is 0. The fraction of sp³-hybridized carbons (Fsp3) is 0.375. The molecule has 0 aliphatic carbocycles. The van der Waals surface area contributed by atoms with Gasteiger partial charge in [0.05, 0.1) is 11.3 Å². The molecule has 0 saturated carbocycles. The Hall–Kier alpha value is -2.88. The van der Waals surface area contributed by atoms with Crippen LogP contribution in [-0.4, -0.2) is 53.7 Å². The van der Waals surface area contributed by atoms with Crippen LogP contribution in [0.3, 0.4) is 0 Å². The lowest BCUT2D eigenvalue weighted by atomic mass is 10.2. The Morgan fingerprint density at radius 3 is 2.35 bits per heavy atom. The standard InChI is InChI=1S/C16H18N4O3/c1-12(21)19-6-8-20(9-7-19)16(23)10-15(22)18-14-5-3-2-4-13(14)11-17/h2-5H,6-10H2,1H3,(H,18,22). The zero-order valence-corrected chi connectivity index (χ0v) is 12.9. The van der Waals surface area contributed by atoms with Gasteiger partial charge >= 0.3 is 0 Å². The Morgan fingerprint density at radius 1 is 1.13 bits per heavy atom. The molecule has 23 heavy (non-hydrogen) atoms. The van der Waals surface area contributed by atoms with Crippen LogP contribution in [0.25, 0.3) is 0 Å². The molecule has 3 amide bonds. The molecule has 1 aliphatic heterocycles. The van der Waals surface area contributed by atoms with E-state index in [1.165, 1.54) is 6.92 Å². The Bertz CT molecular complexity index is 658. The van der Waals surface area contributed by atoms with Crippen molar-refractivity contribution in [3.8, 4) is 6.07 Å². The first kappa shape index (κ1) is 16.5. The third-order valence-corrected chi connectivity index (χ3v) is 3.71. The second-order valence-corrected chi connectivity index (χ2v) is 5.27. The highest BCUT2D eigenvalue weighted by atomic mass is 16.2. The Labute approximate surface area is 134 Å². The number of hydrogen-bond acceptors (Lipinski definition) is 4. The van der Waals surface area contributed by atoms with E-state index in [1.807, 2.05) is 6.07 Å². The summed E-state index contributed by atoms with van der Waals surface area (Å²) >= 11 is 0. The van der Waals surface area contributed by atoms with Crippen LogP contribution in [0, 0.1) is 11.3 Å². The van der Waals surface area contributed by atoms with E-state index in [9.17, 15) is 14.4 Å². The van der Waals surface area contributed by atoms with E-state index in [0.717, 1.165) is 0 Å². The first-order valence-electron chi connectivity index (χ1n) is 7.33. The van der Waals surface area contributed by atoms with Crippen molar-refractivity contribution in [2.45, 2.75) is 13.3 Å². The van der Waals surface area contributed by atoms with E-state index in [0.29, 0.717) is 37.4 Å². The van der Waals surface area contributed by atoms with Gasteiger partial charge in [-0.3, -0.25) is 14.4 Å². The monoisotopic (exact) mass is 314 g/mol. The predicted molar refractivity (Wildman–Crippen MR) is 83.2 cm³/mol. The summed E-state index contributed by atoms with van der Waals surface area (Å²) in [5.41, 5.74) is 0.748. The molecule has 7 nitrogen and oxygen atoms in total. The van der Waals surface area contributed by atoms with Crippen molar-refractivity contribution in [1.29, 1.82) is 5.26 Å². The third kappa shape index (κ3) is 4.30. The zero-order chi connectivity index (χ0) is 16.8. The second-order valence-electron chi connectivity index (χ2n) is 5.27. The number of hydrogen-bond donors (Lipinski definition) is 1. The maximum Gasteiger partial charge on any atom is 0.233 e. The number of nitrogens with zero attached hydrogens (tertiary/aromatic N) is 3. The fourth-order valence-electron chi connectivity index (χ4n) is 2.40. The second kappa shape index (κ2) is 7.40. The summed E-state index contributed by atoms with van der Waals surface area (Å²) in [6, 6.07) is 8.61. The van der Waals surface area contributed by atoms with Crippen LogP contribution in [0.1, 0.15) is 18.9 Å². The van der Waals surface area contributed by atoms with Crippen molar-refractivity contribution >= 4 is 23.4 Å². The summed E-state index contributed by atoms with van der Waals surface area (Å²) in [6.07, 6.45) is -0.278. The number of rotatable bonds is 3.